The number of methoxy groups -OCH3 is 1. The maximum absolute atomic E-state index is 12.5. The van der Waals surface area contributed by atoms with Crippen molar-refractivity contribution in [1.29, 1.82) is 0 Å². The second-order valence-electron chi connectivity index (χ2n) is 6.66. The lowest BCUT2D eigenvalue weighted by atomic mass is 9.92. The molecule has 3 N–H and O–H groups in total. The minimum atomic E-state index is -0.273. The summed E-state index contributed by atoms with van der Waals surface area (Å²) < 4.78 is 5.30. The molecule has 0 aliphatic carbocycles. The number of nitrogens with two attached hydrogens (primary N) is 1. The van der Waals surface area contributed by atoms with E-state index in [9.17, 15) is 4.79 Å². The maximum Gasteiger partial charge on any atom is 0.256 e. The highest BCUT2D eigenvalue weighted by molar-refractivity contribution is 6.11. The first-order valence-electron chi connectivity index (χ1n) is 7.95. The molecule has 0 bridgehead atoms. The molecule has 132 valence electrons. The predicted molar refractivity (Wildman–Crippen MR) is 101 cm³/mol. The summed E-state index contributed by atoms with van der Waals surface area (Å²) in [5.74, 6) is 0.856. The molecule has 1 heterocycles. The van der Waals surface area contributed by atoms with Gasteiger partial charge in [-0.25, -0.2) is 0 Å². The first-order valence-corrected chi connectivity index (χ1v) is 7.95. The number of fused-ring (bicyclic) bond motifs is 1. The van der Waals surface area contributed by atoms with Gasteiger partial charge in [-0.15, -0.1) is 0 Å². The van der Waals surface area contributed by atoms with E-state index >= 15 is 0 Å². The molecule has 0 unspecified atom stereocenters. The highest BCUT2D eigenvalue weighted by atomic mass is 16.5. The minimum Gasteiger partial charge on any atom is -0.496 e. The number of hydrogen-bond donors (Lipinski definition) is 2. The molecule has 0 fully saturated rings. The number of nitrogens with zero attached hydrogens (tertiary/aromatic N) is 2. The highest BCUT2D eigenvalue weighted by Gasteiger charge is 2.16. The van der Waals surface area contributed by atoms with Crippen molar-refractivity contribution in [3.8, 4) is 5.75 Å². The molecule has 0 aliphatic heterocycles. The lowest BCUT2D eigenvalue weighted by Gasteiger charge is -2.19. The van der Waals surface area contributed by atoms with E-state index in [0.29, 0.717) is 28.4 Å². The van der Waals surface area contributed by atoms with Gasteiger partial charge in [-0.3, -0.25) is 14.8 Å². The van der Waals surface area contributed by atoms with Gasteiger partial charge in [-0.1, -0.05) is 20.8 Å². The molecular weight excluding hydrogens is 316 g/mol. The van der Waals surface area contributed by atoms with E-state index in [0.717, 1.165) is 5.39 Å². The molecule has 2 aromatic rings. The summed E-state index contributed by atoms with van der Waals surface area (Å²) in [6.07, 6.45) is 3.33. The molecule has 0 saturated heterocycles. The molecule has 6 heteroatoms. The van der Waals surface area contributed by atoms with Crippen LogP contribution in [0.25, 0.3) is 10.9 Å². The molecular formula is C19H24N4O2. The van der Waals surface area contributed by atoms with Crippen LogP contribution < -0.4 is 15.8 Å². The van der Waals surface area contributed by atoms with E-state index < -0.39 is 0 Å². The summed E-state index contributed by atoms with van der Waals surface area (Å²) >= 11 is 0. The lowest BCUT2D eigenvalue weighted by molar-refractivity contribution is 0.0977. The van der Waals surface area contributed by atoms with E-state index in [1.807, 2.05) is 26.8 Å². The van der Waals surface area contributed by atoms with E-state index in [1.165, 1.54) is 0 Å². The Bertz CT molecular complexity index is 848. The molecule has 2 rings (SSSR count). The Morgan fingerprint density at radius 2 is 2.04 bits per heavy atom. The third kappa shape index (κ3) is 4.35. The standard InChI is InChI=1S/C19H24N4O2/c1-19(2,3)16(20)11-17(21-4)23-18(24)12-6-7-13-14(10-12)22-9-8-15(13)25-5/h6-11H,20H2,1-5H3,(H,21,23,24). The molecule has 25 heavy (non-hydrogen) atoms. The topological polar surface area (TPSA) is 89.6 Å². The first kappa shape index (κ1) is 18.4. The van der Waals surface area contributed by atoms with Crippen LogP contribution in [0, 0.1) is 5.41 Å². The van der Waals surface area contributed by atoms with E-state index in [4.69, 9.17) is 10.5 Å². The van der Waals surface area contributed by atoms with Gasteiger partial charge in [0.25, 0.3) is 5.91 Å². The average molecular weight is 340 g/mol. The SMILES string of the molecule is CN=C(C=C(N)C(C)(C)C)NC(=O)c1ccc2c(OC)ccnc2c1. The Labute approximate surface area is 147 Å². The number of amides is 1. The van der Waals surface area contributed by atoms with Crippen molar-refractivity contribution in [3.05, 3.63) is 47.8 Å². The van der Waals surface area contributed by atoms with Crippen LogP contribution in [0.3, 0.4) is 0 Å². The molecule has 0 radical (unpaired) electrons. The molecule has 1 amide bonds. The van der Waals surface area contributed by atoms with Gasteiger partial charge in [0.05, 0.1) is 12.6 Å². The van der Waals surface area contributed by atoms with Crippen molar-refractivity contribution in [2.75, 3.05) is 14.2 Å². The number of aromatic nitrogens is 1. The van der Waals surface area contributed by atoms with Crippen molar-refractivity contribution in [3.63, 3.8) is 0 Å². The van der Waals surface area contributed by atoms with Crippen LogP contribution in [0.4, 0.5) is 0 Å². The molecule has 0 spiro atoms. The monoisotopic (exact) mass is 340 g/mol. The van der Waals surface area contributed by atoms with E-state index in [-0.39, 0.29) is 11.3 Å². The van der Waals surface area contributed by atoms with Crippen LogP contribution in [0.15, 0.2) is 47.2 Å². The molecule has 0 saturated carbocycles. The fourth-order valence-electron chi connectivity index (χ4n) is 2.15. The van der Waals surface area contributed by atoms with Crippen molar-refractivity contribution in [2.24, 2.45) is 16.1 Å². The average Bonchev–Trinajstić information content (AvgIpc) is 2.58. The zero-order valence-corrected chi connectivity index (χ0v) is 15.3. The Morgan fingerprint density at radius 1 is 1.32 bits per heavy atom. The Kier molecular flexibility index (Phi) is 5.41. The van der Waals surface area contributed by atoms with Gasteiger partial charge in [-0.2, -0.15) is 0 Å². The fourth-order valence-corrected chi connectivity index (χ4v) is 2.15. The number of nitrogens with one attached hydrogen (secondary N) is 1. The van der Waals surface area contributed by atoms with Crippen molar-refractivity contribution in [2.45, 2.75) is 20.8 Å². The number of benzene rings is 1. The smallest absolute Gasteiger partial charge is 0.256 e. The molecule has 1 aromatic carbocycles. The van der Waals surface area contributed by atoms with Crippen molar-refractivity contribution in [1.82, 2.24) is 10.3 Å². The largest absolute Gasteiger partial charge is 0.496 e. The number of carbonyl (C=O) groups is 1. The first-order chi connectivity index (χ1) is 11.8. The number of aliphatic imine (C=N–C) groups is 1. The Morgan fingerprint density at radius 3 is 2.64 bits per heavy atom. The number of hydrogen-bond acceptors (Lipinski definition) is 5. The van der Waals surface area contributed by atoms with Gasteiger partial charge < -0.3 is 15.8 Å². The van der Waals surface area contributed by atoms with Crippen LogP contribution in [0.1, 0.15) is 31.1 Å². The molecule has 0 atom stereocenters. The number of rotatable bonds is 3. The number of allylic oxidation sites excluding steroid dienone is 1. The quantitative estimate of drug-likeness (QED) is 0.664. The third-order valence-corrected chi connectivity index (χ3v) is 3.83. The minimum absolute atomic E-state index is 0.204. The second-order valence-corrected chi connectivity index (χ2v) is 6.66. The van der Waals surface area contributed by atoms with Crippen LogP contribution >= 0.6 is 0 Å². The predicted octanol–water partition coefficient (Wildman–Crippen LogP) is 2.89. The van der Waals surface area contributed by atoms with Crippen molar-refractivity contribution < 1.29 is 9.53 Å². The molecule has 6 nitrogen and oxygen atoms in total. The zero-order chi connectivity index (χ0) is 18.6. The van der Waals surface area contributed by atoms with Gasteiger partial charge in [0.2, 0.25) is 0 Å². The Balaban J connectivity index is 2.27. The summed E-state index contributed by atoms with van der Waals surface area (Å²) in [6.45, 7) is 5.99. The van der Waals surface area contributed by atoms with Crippen molar-refractivity contribution >= 4 is 22.6 Å². The summed E-state index contributed by atoms with van der Waals surface area (Å²) in [4.78, 5) is 20.9. The molecule has 0 aliphatic rings. The van der Waals surface area contributed by atoms with Gasteiger partial charge in [0.15, 0.2) is 0 Å². The fraction of sp³-hybridized carbons (Fsp3) is 0.316. The van der Waals surface area contributed by atoms with Crippen LogP contribution in [0.5, 0.6) is 5.75 Å². The van der Waals surface area contributed by atoms with Gasteiger partial charge >= 0.3 is 0 Å². The zero-order valence-electron chi connectivity index (χ0n) is 15.3. The molecule has 1 aromatic heterocycles. The van der Waals surface area contributed by atoms with E-state index in [1.54, 1.807) is 44.6 Å². The number of carbonyl (C=O) groups excluding carboxylic acids is 1. The summed E-state index contributed by atoms with van der Waals surface area (Å²) in [5, 5.41) is 3.62. The number of ether oxygens (including phenoxy) is 1. The maximum atomic E-state index is 12.5. The third-order valence-electron chi connectivity index (χ3n) is 3.83. The Hall–Kier alpha value is -2.89. The summed E-state index contributed by atoms with van der Waals surface area (Å²) in [5.41, 5.74) is 7.66. The number of amidine groups is 1. The van der Waals surface area contributed by atoms with E-state index in [2.05, 4.69) is 15.3 Å². The van der Waals surface area contributed by atoms with Gasteiger partial charge in [0.1, 0.15) is 11.6 Å². The highest BCUT2D eigenvalue weighted by Crippen LogP contribution is 2.24. The second kappa shape index (κ2) is 7.34. The van der Waals surface area contributed by atoms with Crippen LogP contribution in [-0.2, 0) is 0 Å². The number of pyridine rings is 1. The normalized spacial score (nSPS) is 13.0. The van der Waals surface area contributed by atoms with Crippen LogP contribution in [0.2, 0.25) is 0 Å². The summed E-state index contributed by atoms with van der Waals surface area (Å²) in [7, 11) is 3.21. The van der Waals surface area contributed by atoms with Gasteiger partial charge in [-0.05, 0) is 30.3 Å². The van der Waals surface area contributed by atoms with Gasteiger partial charge in [0, 0.05) is 35.3 Å². The van der Waals surface area contributed by atoms with Crippen LogP contribution in [-0.4, -0.2) is 30.9 Å². The lowest BCUT2D eigenvalue weighted by Crippen LogP contribution is -2.31. The summed E-state index contributed by atoms with van der Waals surface area (Å²) in [6, 6.07) is 7.05.